The summed E-state index contributed by atoms with van der Waals surface area (Å²) >= 11 is 1.82. The van der Waals surface area contributed by atoms with Gasteiger partial charge in [0.1, 0.15) is 0 Å². The number of hydrogen-bond donors (Lipinski definition) is 3. The predicted molar refractivity (Wildman–Crippen MR) is 74.5 cm³/mol. The number of nitrogens with two attached hydrogens (primary N) is 1. The lowest BCUT2D eigenvalue weighted by Gasteiger charge is -2.19. The smallest absolute Gasteiger partial charge is 0.253 e. The second kappa shape index (κ2) is 6.06. The van der Waals surface area contributed by atoms with Crippen molar-refractivity contribution in [2.75, 3.05) is 11.7 Å². The number of hydrazine groups is 1. The summed E-state index contributed by atoms with van der Waals surface area (Å²) in [5.74, 6) is 5.29. The van der Waals surface area contributed by atoms with E-state index in [1.54, 1.807) is 18.5 Å². The standard InChI is InChI=1S/C12H18N4OS/c1-18-11-4-2-3-9(11)15-12(17)8-5-6-14-7-10(8)16-13/h5-7,9,11,16H,2-4,13H2,1H3,(H,15,17). The van der Waals surface area contributed by atoms with Crippen LogP contribution in [-0.4, -0.2) is 28.4 Å². The first-order valence-electron chi connectivity index (χ1n) is 6.00. The van der Waals surface area contributed by atoms with Crippen molar-refractivity contribution in [1.82, 2.24) is 10.3 Å². The Kier molecular flexibility index (Phi) is 4.43. The molecule has 0 saturated heterocycles. The van der Waals surface area contributed by atoms with Gasteiger partial charge >= 0.3 is 0 Å². The third kappa shape index (κ3) is 2.76. The van der Waals surface area contributed by atoms with Gasteiger partial charge in [0, 0.05) is 17.5 Å². The van der Waals surface area contributed by atoms with Crippen LogP contribution in [0, 0.1) is 0 Å². The van der Waals surface area contributed by atoms with E-state index in [2.05, 4.69) is 22.0 Å². The zero-order valence-electron chi connectivity index (χ0n) is 10.3. The van der Waals surface area contributed by atoms with Crippen LogP contribution < -0.4 is 16.6 Å². The van der Waals surface area contributed by atoms with Crippen molar-refractivity contribution in [3.8, 4) is 0 Å². The second-order valence-corrected chi connectivity index (χ2v) is 5.43. The van der Waals surface area contributed by atoms with Gasteiger partial charge in [0.15, 0.2) is 0 Å². The van der Waals surface area contributed by atoms with Crippen LogP contribution in [0.3, 0.4) is 0 Å². The lowest BCUT2D eigenvalue weighted by molar-refractivity contribution is 0.0939. The van der Waals surface area contributed by atoms with E-state index in [9.17, 15) is 4.79 Å². The molecule has 0 bridgehead atoms. The summed E-state index contributed by atoms with van der Waals surface area (Å²) in [4.78, 5) is 16.1. The molecule has 5 nitrogen and oxygen atoms in total. The third-order valence-electron chi connectivity index (χ3n) is 3.29. The molecule has 1 aliphatic carbocycles. The Hall–Kier alpha value is -1.27. The van der Waals surface area contributed by atoms with Crippen LogP contribution in [-0.2, 0) is 0 Å². The fourth-order valence-electron chi connectivity index (χ4n) is 2.33. The molecule has 0 spiro atoms. The Morgan fingerprint density at radius 3 is 3.11 bits per heavy atom. The van der Waals surface area contributed by atoms with E-state index in [4.69, 9.17) is 5.84 Å². The van der Waals surface area contributed by atoms with E-state index in [1.807, 2.05) is 11.8 Å². The molecule has 1 aromatic rings. The van der Waals surface area contributed by atoms with E-state index >= 15 is 0 Å². The highest BCUT2D eigenvalue weighted by Gasteiger charge is 2.28. The Morgan fingerprint density at radius 2 is 2.39 bits per heavy atom. The highest BCUT2D eigenvalue weighted by molar-refractivity contribution is 7.99. The fourth-order valence-corrected chi connectivity index (χ4v) is 3.26. The van der Waals surface area contributed by atoms with Crippen molar-refractivity contribution >= 4 is 23.4 Å². The number of nitrogen functional groups attached to an aromatic ring is 1. The molecule has 0 aromatic carbocycles. The van der Waals surface area contributed by atoms with Gasteiger partial charge in [0.05, 0.1) is 17.4 Å². The molecule has 98 valence electrons. The van der Waals surface area contributed by atoms with Crippen LogP contribution >= 0.6 is 11.8 Å². The molecular formula is C12H18N4OS. The first-order valence-corrected chi connectivity index (χ1v) is 7.29. The van der Waals surface area contributed by atoms with E-state index in [1.165, 1.54) is 12.8 Å². The van der Waals surface area contributed by atoms with E-state index < -0.39 is 0 Å². The molecule has 1 fully saturated rings. The number of anilines is 1. The number of carbonyl (C=O) groups excluding carboxylic acids is 1. The number of thioether (sulfide) groups is 1. The fraction of sp³-hybridized carbons (Fsp3) is 0.500. The van der Waals surface area contributed by atoms with Crippen LogP contribution in [0.15, 0.2) is 18.5 Å². The van der Waals surface area contributed by atoms with Crippen LogP contribution in [0.2, 0.25) is 0 Å². The van der Waals surface area contributed by atoms with Gasteiger partial charge in [-0.05, 0) is 25.2 Å². The summed E-state index contributed by atoms with van der Waals surface area (Å²) < 4.78 is 0. The van der Waals surface area contributed by atoms with Crippen molar-refractivity contribution in [2.24, 2.45) is 5.84 Å². The highest BCUT2D eigenvalue weighted by atomic mass is 32.2. The van der Waals surface area contributed by atoms with Crippen molar-refractivity contribution in [2.45, 2.75) is 30.6 Å². The van der Waals surface area contributed by atoms with Gasteiger partial charge in [0.2, 0.25) is 0 Å². The topological polar surface area (TPSA) is 80.0 Å². The number of carbonyl (C=O) groups is 1. The lowest BCUT2D eigenvalue weighted by Crippen LogP contribution is -2.39. The number of nitrogens with zero attached hydrogens (tertiary/aromatic N) is 1. The van der Waals surface area contributed by atoms with Crippen LogP contribution in [0.1, 0.15) is 29.6 Å². The van der Waals surface area contributed by atoms with Gasteiger partial charge in [-0.25, -0.2) is 0 Å². The van der Waals surface area contributed by atoms with Gasteiger partial charge in [-0.3, -0.25) is 15.6 Å². The maximum atomic E-state index is 12.2. The normalized spacial score (nSPS) is 22.8. The van der Waals surface area contributed by atoms with Crippen molar-refractivity contribution in [1.29, 1.82) is 0 Å². The van der Waals surface area contributed by atoms with Crippen molar-refractivity contribution in [3.63, 3.8) is 0 Å². The molecule has 0 aliphatic heterocycles. The Labute approximate surface area is 111 Å². The Bertz CT molecular complexity index is 426. The van der Waals surface area contributed by atoms with Gasteiger partial charge in [-0.1, -0.05) is 6.42 Å². The maximum Gasteiger partial charge on any atom is 0.253 e. The Morgan fingerprint density at radius 1 is 1.56 bits per heavy atom. The number of pyridine rings is 1. The van der Waals surface area contributed by atoms with Crippen molar-refractivity contribution in [3.05, 3.63) is 24.0 Å². The molecule has 18 heavy (non-hydrogen) atoms. The van der Waals surface area contributed by atoms with E-state index in [0.29, 0.717) is 16.5 Å². The zero-order valence-corrected chi connectivity index (χ0v) is 11.2. The minimum atomic E-state index is -0.0868. The largest absolute Gasteiger partial charge is 0.348 e. The molecular weight excluding hydrogens is 248 g/mol. The average Bonchev–Trinajstić information content (AvgIpc) is 2.85. The minimum absolute atomic E-state index is 0.0868. The first-order chi connectivity index (χ1) is 8.76. The maximum absolute atomic E-state index is 12.2. The molecule has 0 radical (unpaired) electrons. The molecule has 1 heterocycles. The molecule has 1 saturated carbocycles. The summed E-state index contributed by atoms with van der Waals surface area (Å²) in [5.41, 5.74) is 3.59. The minimum Gasteiger partial charge on any atom is -0.348 e. The Balaban J connectivity index is 2.07. The van der Waals surface area contributed by atoms with E-state index in [0.717, 1.165) is 6.42 Å². The molecule has 6 heteroatoms. The number of amides is 1. The average molecular weight is 266 g/mol. The lowest BCUT2D eigenvalue weighted by atomic mass is 10.2. The monoisotopic (exact) mass is 266 g/mol. The molecule has 1 aromatic heterocycles. The van der Waals surface area contributed by atoms with Crippen LogP contribution in [0.25, 0.3) is 0 Å². The van der Waals surface area contributed by atoms with E-state index in [-0.39, 0.29) is 11.9 Å². The van der Waals surface area contributed by atoms with Gasteiger partial charge in [-0.15, -0.1) is 0 Å². The summed E-state index contributed by atoms with van der Waals surface area (Å²) in [6.07, 6.45) is 8.63. The predicted octanol–water partition coefficient (Wildman–Crippen LogP) is 1.38. The number of nitrogens with one attached hydrogen (secondary N) is 2. The molecule has 2 rings (SSSR count). The van der Waals surface area contributed by atoms with Gasteiger partial charge < -0.3 is 10.7 Å². The summed E-state index contributed by atoms with van der Waals surface area (Å²) in [6.45, 7) is 0. The van der Waals surface area contributed by atoms with Crippen LogP contribution in [0.5, 0.6) is 0 Å². The third-order valence-corrected chi connectivity index (χ3v) is 4.46. The number of rotatable bonds is 4. The number of hydrogen-bond acceptors (Lipinski definition) is 5. The highest BCUT2D eigenvalue weighted by Crippen LogP contribution is 2.28. The van der Waals surface area contributed by atoms with Crippen LogP contribution in [0.4, 0.5) is 5.69 Å². The first kappa shape index (κ1) is 13.2. The SMILES string of the molecule is CSC1CCCC1NC(=O)c1ccncc1NN. The van der Waals surface area contributed by atoms with Crippen molar-refractivity contribution < 1.29 is 4.79 Å². The molecule has 1 amide bonds. The zero-order chi connectivity index (χ0) is 13.0. The molecule has 2 unspecified atom stereocenters. The van der Waals surface area contributed by atoms with Gasteiger partial charge in [-0.2, -0.15) is 11.8 Å². The van der Waals surface area contributed by atoms with Gasteiger partial charge in [0.25, 0.3) is 5.91 Å². The molecule has 2 atom stereocenters. The summed E-state index contributed by atoms with van der Waals surface area (Å²) in [7, 11) is 0. The molecule has 4 N–H and O–H groups in total. The summed E-state index contributed by atoms with van der Waals surface area (Å²) in [6, 6.07) is 1.93. The summed E-state index contributed by atoms with van der Waals surface area (Å²) in [5, 5.41) is 3.61. The molecule has 1 aliphatic rings. The quantitative estimate of drug-likeness (QED) is 0.567. The second-order valence-electron chi connectivity index (χ2n) is 4.35. The number of aromatic nitrogens is 1.